The molecule has 0 amide bonds. The molecule has 2 aromatic carbocycles. The number of rotatable bonds is 4. The van der Waals surface area contributed by atoms with Crippen LogP contribution in [0.1, 0.15) is 10.4 Å². The van der Waals surface area contributed by atoms with Gasteiger partial charge in [0.15, 0.2) is 5.43 Å². The highest BCUT2D eigenvalue weighted by molar-refractivity contribution is 6.38. The Kier molecular flexibility index (Phi) is 4.36. The zero-order valence-electron chi connectivity index (χ0n) is 15.0. The first-order valence-corrected chi connectivity index (χ1v) is 10.9. The number of hydrogen-bond acceptors (Lipinski definition) is 5. The third-order valence-corrected chi connectivity index (χ3v) is 5.34. The van der Waals surface area contributed by atoms with Crippen LogP contribution in [0.25, 0.3) is 33.4 Å². The summed E-state index contributed by atoms with van der Waals surface area (Å²) in [6.45, 7) is 2.07. The van der Waals surface area contributed by atoms with Crippen molar-refractivity contribution in [3.63, 3.8) is 0 Å². The lowest BCUT2D eigenvalue weighted by Gasteiger charge is -2.17. The van der Waals surface area contributed by atoms with Gasteiger partial charge in [-0.25, -0.2) is 4.79 Å². The fraction of sp³-hybridized carbons (Fsp3) is 0.0476. The van der Waals surface area contributed by atoms with Crippen LogP contribution in [0.2, 0.25) is 6.55 Å². The first-order valence-electron chi connectivity index (χ1n) is 8.79. The number of carboxylic acids is 1. The summed E-state index contributed by atoms with van der Waals surface area (Å²) in [6, 6.07) is 14.3. The predicted octanol–water partition coefficient (Wildman–Crippen LogP) is 3.51. The van der Waals surface area contributed by atoms with Crippen molar-refractivity contribution in [2.24, 2.45) is 0 Å². The third kappa shape index (κ3) is 3.01. The van der Waals surface area contributed by atoms with Crippen LogP contribution in [0.4, 0.5) is 5.69 Å². The van der Waals surface area contributed by atoms with Crippen molar-refractivity contribution in [3.05, 3.63) is 70.4 Å². The molecule has 140 valence electrons. The molecule has 6 nitrogen and oxygen atoms in total. The zero-order valence-corrected chi connectivity index (χ0v) is 16.4. The van der Waals surface area contributed by atoms with Crippen LogP contribution in [0.3, 0.4) is 0 Å². The second-order valence-corrected chi connectivity index (χ2v) is 7.47. The lowest BCUT2D eigenvalue weighted by molar-refractivity contribution is 0.0698. The first kappa shape index (κ1) is 17.8. The fourth-order valence-electron chi connectivity index (χ4n) is 3.40. The number of fused-ring (bicyclic) bond motifs is 2. The Bertz CT molecular complexity index is 1250. The Labute approximate surface area is 162 Å². The quantitative estimate of drug-likeness (QED) is 0.364. The molecule has 2 aliphatic rings. The summed E-state index contributed by atoms with van der Waals surface area (Å²) in [4.78, 5) is 27.1. The highest BCUT2D eigenvalue weighted by Crippen LogP contribution is 2.42. The highest BCUT2D eigenvalue weighted by Gasteiger charge is 2.22. The monoisotopic (exact) mass is 391 g/mol. The van der Waals surface area contributed by atoms with Crippen LogP contribution in [-0.2, 0) is 0 Å². The maximum absolute atomic E-state index is 12.0. The summed E-state index contributed by atoms with van der Waals surface area (Å²) in [7, 11) is -0.497. The van der Waals surface area contributed by atoms with E-state index in [-0.39, 0.29) is 16.7 Å². The normalized spacial score (nSPS) is 11.5. The zero-order chi connectivity index (χ0) is 19.8. The van der Waals surface area contributed by atoms with E-state index in [9.17, 15) is 19.8 Å². The third-order valence-electron chi connectivity index (χ3n) is 4.58. The van der Waals surface area contributed by atoms with E-state index < -0.39 is 15.7 Å². The van der Waals surface area contributed by atoms with Gasteiger partial charge in [-0.05, 0) is 42.0 Å². The number of carboxylic acid groups (broad SMARTS) is 1. The predicted molar refractivity (Wildman–Crippen MR) is 111 cm³/mol. The minimum Gasteiger partial charge on any atom is -0.508 e. The number of aromatic carboxylic acids is 1. The van der Waals surface area contributed by atoms with E-state index in [1.54, 1.807) is 24.3 Å². The molecular weight excluding hydrogens is 374 g/mol. The number of aromatic hydroxyl groups is 1. The van der Waals surface area contributed by atoms with Gasteiger partial charge in [0.25, 0.3) is 0 Å². The minimum atomic E-state index is -1.04. The van der Waals surface area contributed by atoms with Crippen molar-refractivity contribution in [3.8, 4) is 28.2 Å². The summed E-state index contributed by atoms with van der Waals surface area (Å²) in [5.74, 6) is -0.691. The van der Waals surface area contributed by atoms with Crippen LogP contribution in [-0.4, -0.2) is 25.9 Å². The van der Waals surface area contributed by atoms with Gasteiger partial charge in [-0.15, -0.1) is 0 Å². The van der Waals surface area contributed by atoms with Gasteiger partial charge >= 0.3 is 5.97 Å². The second kappa shape index (κ2) is 6.86. The van der Waals surface area contributed by atoms with Crippen LogP contribution < -0.4 is 10.4 Å². The lowest BCUT2D eigenvalue weighted by Crippen LogP contribution is -2.06. The minimum absolute atomic E-state index is 0.0192. The number of anilines is 1. The largest absolute Gasteiger partial charge is 0.508 e. The summed E-state index contributed by atoms with van der Waals surface area (Å²) in [5.41, 5.74) is 2.87. The average Bonchev–Trinajstić information content (AvgIpc) is 2.66. The van der Waals surface area contributed by atoms with Crippen LogP contribution >= 0.6 is 0 Å². The molecule has 0 aromatic heterocycles. The van der Waals surface area contributed by atoms with Gasteiger partial charge < -0.3 is 19.6 Å². The first-order chi connectivity index (χ1) is 13.5. The van der Waals surface area contributed by atoms with Crippen molar-refractivity contribution >= 4 is 32.3 Å². The van der Waals surface area contributed by atoms with Crippen molar-refractivity contribution < 1.29 is 19.4 Å². The van der Waals surface area contributed by atoms with E-state index in [1.165, 1.54) is 24.3 Å². The molecule has 0 saturated carbocycles. The SMILES string of the molecule is C[SiH2]Nc1ccc(-c2c3ccc(=O)cc-3oc3cc(O)ccc23)c(C(=O)O)c1. The van der Waals surface area contributed by atoms with Crippen molar-refractivity contribution in [2.75, 3.05) is 4.98 Å². The van der Waals surface area contributed by atoms with E-state index in [1.807, 2.05) is 6.07 Å². The van der Waals surface area contributed by atoms with E-state index in [0.717, 1.165) is 5.69 Å². The Morgan fingerprint density at radius 3 is 2.57 bits per heavy atom. The van der Waals surface area contributed by atoms with E-state index in [4.69, 9.17) is 4.42 Å². The van der Waals surface area contributed by atoms with E-state index >= 15 is 0 Å². The van der Waals surface area contributed by atoms with Gasteiger partial charge in [-0.1, -0.05) is 12.6 Å². The van der Waals surface area contributed by atoms with Crippen molar-refractivity contribution in [2.45, 2.75) is 6.55 Å². The van der Waals surface area contributed by atoms with Crippen molar-refractivity contribution in [1.29, 1.82) is 0 Å². The summed E-state index contributed by atoms with van der Waals surface area (Å²) >= 11 is 0. The molecule has 1 aliphatic heterocycles. The molecule has 4 rings (SSSR count). The molecule has 0 atom stereocenters. The van der Waals surface area contributed by atoms with Gasteiger partial charge in [0.2, 0.25) is 0 Å². The van der Waals surface area contributed by atoms with Gasteiger partial charge in [0, 0.05) is 34.3 Å². The number of hydrogen-bond donors (Lipinski definition) is 3. The lowest BCUT2D eigenvalue weighted by atomic mass is 9.90. The molecule has 0 unspecified atom stereocenters. The van der Waals surface area contributed by atoms with Crippen LogP contribution in [0, 0.1) is 0 Å². The maximum Gasteiger partial charge on any atom is 0.336 e. The molecule has 0 radical (unpaired) electrons. The average molecular weight is 391 g/mol. The molecule has 0 fully saturated rings. The Balaban J connectivity index is 2.13. The number of benzene rings is 3. The number of nitrogens with one attached hydrogen (secondary N) is 1. The standard InChI is InChI=1S/C21H17NO5Si/c1-28-22-11-2-5-14(17(8-11)21(25)26)20-15-6-3-12(23)9-18(15)27-19-10-13(24)4-7-16(19)20/h2-10,22-23H,28H2,1H3,(H,25,26). The van der Waals surface area contributed by atoms with E-state index in [2.05, 4.69) is 11.5 Å². The van der Waals surface area contributed by atoms with Crippen LogP contribution in [0.5, 0.6) is 5.75 Å². The molecule has 3 N–H and O–H groups in total. The topological polar surface area (TPSA) is 99.8 Å². The fourth-order valence-corrected chi connectivity index (χ4v) is 4.03. The summed E-state index contributed by atoms with van der Waals surface area (Å²) in [6.07, 6.45) is 0. The molecule has 1 heterocycles. The molecule has 0 saturated heterocycles. The molecule has 28 heavy (non-hydrogen) atoms. The number of phenolic OH excluding ortho intramolecular Hbond substituents is 1. The van der Waals surface area contributed by atoms with Crippen molar-refractivity contribution in [1.82, 2.24) is 0 Å². The number of carbonyl (C=O) groups is 1. The van der Waals surface area contributed by atoms with Gasteiger partial charge in [-0.2, -0.15) is 0 Å². The second-order valence-electron chi connectivity index (χ2n) is 6.41. The summed E-state index contributed by atoms with van der Waals surface area (Å²) in [5, 5.41) is 20.3. The summed E-state index contributed by atoms with van der Waals surface area (Å²) < 4.78 is 5.82. The van der Waals surface area contributed by atoms with Gasteiger partial charge in [-0.3, -0.25) is 4.79 Å². The molecule has 2 aromatic rings. The van der Waals surface area contributed by atoms with Crippen LogP contribution in [0.15, 0.2) is 63.8 Å². The maximum atomic E-state index is 12.0. The Morgan fingerprint density at radius 1 is 1.04 bits per heavy atom. The van der Waals surface area contributed by atoms with Gasteiger partial charge in [0.1, 0.15) is 26.8 Å². The smallest absolute Gasteiger partial charge is 0.336 e. The van der Waals surface area contributed by atoms with Gasteiger partial charge in [0.05, 0.1) is 5.56 Å². The number of phenols is 1. The molecule has 0 spiro atoms. The van der Waals surface area contributed by atoms with E-state index in [0.29, 0.717) is 33.4 Å². The Morgan fingerprint density at radius 2 is 1.82 bits per heavy atom. The molecule has 1 aliphatic carbocycles. The highest BCUT2D eigenvalue weighted by atomic mass is 28.2. The Hall–Kier alpha value is -3.58. The molecule has 7 heteroatoms. The molecule has 0 bridgehead atoms. The molecular formula is C21H17NO5Si.